The molecule has 7 heteroatoms. The number of urea groups is 1. The van der Waals surface area contributed by atoms with Gasteiger partial charge in [-0.3, -0.25) is 0 Å². The SMILES string of the molecule is CN(C)c1ccc(NC(=O)NCCCSc2ccc(F)cc2)cn1. The molecular weight excluding hydrogens is 327 g/mol. The maximum Gasteiger partial charge on any atom is 0.319 e. The van der Waals surface area contributed by atoms with Crippen LogP contribution in [0.3, 0.4) is 0 Å². The minimum absolute atomic E-state index is 0.231. The number of hydrogen-bond donors (Lipinski definition) is 2. The molecule has 0 aliphatic carbocycles. The number of nitrogens with zero attached hydrogens (tertiary/aromatic N) is 2. The van der Waals surface area contributed by atoms with E-state index in [1.54, 1.807) is 30.1 Å². The van der Waals surface area contributed by atoms with Gasteiger partial charge in [0.25, 0.3) is 0 Å². The Morgan fingerprint density at radius 3 is 2.58 bits per heavy atom. The molecule has 1 heterocycles. The van der Waals surface area contributed by atoms with E-state index in [0.29, 0.717) is 12.2 Å². The van der Waals surface area contributed by atoms with Crippen LogP contribution in [-0.2, 0) is 0 Å². The Morgan fingerprint density at radius 2 is 1.96 bits per heavy atom. The third-order valence-corrected chi connectivity index (χ3v) is 4.25. The Labute approximate surface area is 145 Å². The molecular formula is C17H21FN4OS. The second-order valence-electron chi connectivity index (χ2n) is 5.34. The smallest absolute Gasteiger partial charge is 0.319 e. The molecule has 0 atom stereocenters. The normalized spacial score (nSPS) is 10.3. The number of carbonyl (C=O) groups excluding carboxylic acids is 1. The number of pyridine rings is 1. The van der Waals surface area contributed by atoms with Crippen LogP contribution in [0, 0.1) is 5.82 Å². The van der Waals surface area contributed by atoms with Crippen molar-refractivity contribution in [1.82, 2.24) is 10.3 Å². The predicted octanol–water partition coefficient (Wildman–Crippen LogP) is 3.59. The van der Waals surface area contributed by atoms with Crippen molar-refractivity contribution in [3.8, 4) is 0 Å². The van der Waals surface area contributed by atoms with Gasteiger partial charge in [0.2, 0.25) is 0 Å². The lowest BCUT2D eigenvalue weighted by atomic mass is 10.4. The van der Waals surface area contributed by atoms with Crippen LogP contribution in [-0.4, -0.2) is 37.4 Å². The quantitative estimate of drug-likeness (QED) is 0.593. The third kappa shape index (κ3) is 6.08. The summed E-state index contributed by atoms with van der Waals surface area (Å²) in [6.45, 7) is 0.573. The highest BCUT2D eigenvalue weighted by molar-refractivity contribution is 7.99. The molecule has 0 spiro atoms. The Kier molecular flexibility index (Phi) is 6.87. The van der Waals surface area contributed by atoms with Crippen LogP contribution >= 0.6 is 11.8 Å². The van der Waals surface area contributed by atoms with Gasteiger partial charge in [-0.05, 0) is 48.6 Å². The summed E-state index contributed by atoms with van der Waals surface area (Å²) in [5, 5.41) is 5.55. The molecule has 0 unspecified atom stereocenters. The molecule has 0 fully saturated rings. The average Bonchev–Trinajstić information content (AvgIpc) is 2.56. The van der Waals surface area contributed by atoms with E-state index >= 15 is 0 Å². The van der Waals surface area contributed by atoms with Gasteiger partial charge in [0, 0.05) is 25.5 Å². The van der Waals surface area contributed by atoms with Gasteiger partial charge in [-0.25, -0.2) is 14.2 Å². The van der Waals surface area contributed by atoms with E-state index in [0.717, 1.165) is 22.9 Å². The van der Waals surface area contributed by atoms with Gasteiger partial charge < -0.3 is 15.5 Å². The third-order valence-electron chi connectivity index (χ3n) is 3.15. The molecule has 2 amide bonds. The van der Waals surface area contributed by atoms with E-state index in [2.05, 4.69) is 15.6 Å². The van der Waals surface area contributed by atoms with Crippen LogP contribution < -0.4 is 15.5 Å². The first-order chi connectivity index (χ1) is 11.5. The van der Waals surface area contributed by atoms with Crippen molar-refractivity contribution >= 4 is 29.3 Å². The van der Waals surface area contributed by atoms with Gasteiger partial charge in [0.05, 0.1) is 11.9 Å². The molecule has 0 aliphatic rings. The number of benzene rings is 1. The maximum absolute atomic E-state index is 12.8. The zero-order chi connectivity index (χ0) is 17.4. The second kappa shape index (κ2) is 9.12. The molecule has 0 saturated heterocycles. The highest BCUT2D eigenvalue weighted by Crippen LogP contribution is 2.18. The van der Waals surface area contributed by atoms with Gasteiger partial charge >= 0.3 is 6.03 Å². The monoisotopic (exact) mass is 348 g/mol. The standard InChI is InChI=1S/C17H21FN4OS/c1-22(2)16-9-6-14(12-20-16)21-17(23)19-10-3-11-24-15-7-4-13(18)5-8-15/h4-9,12H,3,10-11H2,1-2H3,(H2,19,21,23). The number of anilines is 2. The van der Waals surface area contributed by atoms with Crippen molar-refractivity contribution in [3.63, 3.8) is 0 Å². The van der Waals surface area contributed by atoms with Crippen LogP contribution in [0.1, 0.15) is 6.42 Å². The first kappa shape index (κ1) is 18.1. The number of thioether (sulfide) groups is 1. The summed E-state index contributed by atoms with van der Waals surface area (Å²) >= 11 is 1.64. The van der Waals surface area contributed by atoms with Gasteiger partial charge in [0.1, 0.15) is 11.6 Å². The molecule has 0 saturated carbocycles. The second-order valence-corrected chi connectivity index (χ2v) is 6.50. The molecule has 0 bridgehead atoms. The van der Waals surface area contributed by atoms with Crippen LogP contribution in [0.5, 0.6) is 0 Å². The van der Waals surface area contributed by atoms with Gasteiger partial charge in [-0.2, -0.15) is 0 Å². The number of amides is 2. The molecule has 0 aliphatic heterocycles. The van der Waals surface area contributed by atoms with E-state index < -0.39 is 0 Å². The van der Waals surface area contributed by atoms with Crippen LogP contribution in [0.15, 0.2) is 47.5 Å². The molecule has 2 aromatic rings. The predicted molar refractivity (Wildman–Crippen MR) is 97.3 cm³/mol. The van der Waals surface area contributed by atoms with Crippen molar-refractivity contribution in [2.24, 2.45) is 0 Å². The Balaban J connectivity index is 1.63. The number of hydrogen-bond acceptors (Lipinski definition) is 4. The topological polar surface area (TPSA) is 57.3 Å². The molecule has 1 aromatic carbocycles. The van der Waals surface area contributed by atoms with Crippen molar-refractivity contribution in [2.75, 3.05) is 36.6 Å². The molecule has 2 N–H and O–H groups in total. The highest BCUT2D eigenvalue weighted by atomic mass is 32.2. The lowest BCUT2D eigenvalue weighted by Crippen LogP contribution is -2.29. The fraction of sp³-hybridized carbons (Fsp3) is 0.294. The van der Waals surface area contributed by atoms with E-state index in [1.165, 1.54) is 12.1 Å². The fourth-order valence-electron chi connectivity index (χ4n) is 1.89. The van der Waals surface area contributed by atoms with E-state index in [4.69, 9.17) is 0 Å². The van der Waals surface area contributed by atoms with Crippen LogP contribution in [0.2, 0.25) is 0 Å². The van der Waals surface area contributed by atoms with Crippen molar-refractivity contribution in [3.05, 3.63) is 48.4 Å². The van der Waals surface area contributed by atoms with Gasteiger partial charge in [-0.15, -0.1) is 11.8 Å². The average molecular weight is 348 g/mol. The van der Waals surface area contributed by atoms with E-state index in [1.807, 2.05) is 31.1 Å². The Hall–Kier alpha value is -2.28. The van der Waals surface area contributed by atoms with Crippen LogP contribution in [0.4, 0.5) is 20.7 Å². The Morgan fingerprint density at radius 1 is 1.21 bits per heavy atom. The highest BCUT2D eigenvalue weighted by Gasteiger charge is 2.03. The van der Waals surface area contributed by atoms with E-state index in [-0.39, 0.29) is 11.8 Å². The number of halogens is 1. The summed E-state index contributed by atoms with van der Waals surface area (Å²) < 4.78 is 12.8. The molecule has 128 valence electrons. The molecule has 0 radical (unpaired) electrons. The number of nitrogens with one attached hydrogen (secondary N) is 2. The summed E-state index contributed by atoms with van der Waals surface area (Å²) in [5.41, 5.74) is 0.652. The minimum Gasteiger partial charge on any atom is -0.363 e. The summed E-state index contributed by atoms with van der Waals surface area (Å²) in [6, 6.07) is 9.81. The lowest BCUT2D eigenvalue weighted by molar-refractivity contribution is 0.252. The van der Waals surface area contributed by atoms with Gasteiger partial charge in [0.15, 0.2) is 0 Å². The minimum atomic E-state index is -0.249. The van der Waals surface area contributed by atoms with Crippen LogP contribution in [0.25, 0.3) is 0 Å². The lowest BCUT2D eigenvalue weighted by Gasteiger charge is -2.12. The van der Waals surface area contributed by atoms with Crippen molar-refractivity contribution in [2.45, 2.75) is 11.3 Å². The molecule has 5 nitrogen and oxygen atoms in total. The largest absolute Gasteiger partial charge is 0.363 e. The molecule has 2 rings (SSSR count). The fourth-order valence-corrected chi connectivity index (χ4v) is 2.75. The van der Waals surface area contributed by atoms with E-state index in [9.17, 15) is 9.18 Å². The summed E-state index contributed by atoms with van der Waals surface area (Å²) in [7, 11) is 3.82. The zero-order valence-corrected chi connectivity index (χ0v) is 14.6. The Bertz CT molecular complexity index is 647. The summed E-state index contributed by atoms with van der Waals surface area (Å²) in [6.07, 6.45) is 2.45. The number of aromatic nitrogens is 1. The first-order valence-corrected chi connectivity index (χ1v) is 8.60. The molecule has 1 aromatic heterocycles. The van der Waals surface area contributed by atoms with Gasteiger partial charge in [-0.1, -0.05) is 0 Å². The maximum atomic E-state index is 12.8. The van der Waals surface area contributed by atoms with Crippen molar-refractivity contribution in [1.29, 1.82) is 0 Å². The molecule has 24 heavy (non-hydrogen) atoms. The summed E-state index contributed by atoms with van der Waals surface area (Å²) in [4.78, 5) is 18.9. The van der Waals surface area contributed by atoms with Crippen molar-refractivity contribution < 1.29 is 9.18 Å². The summed E-state index contributed by atoms with van der Waals surface area (Å²) in [5.74, 6) is 1.45. The number of rotatable bonds is 7. The first-order valence-electron chi connectivity index (χ1n) is 7.61. The number of carbonyl (C=O) groups is 1. The zero-order valence-electron chi connectivity index (χ0n) is 13.8.